The molecule has 0 aliphatic rings. The van der Waals surface area contributed by atoms with Crippen molar-refractivity contribution in [1.82, 2.24) is 5.32 Å². The van der Waals surface area contributed by atoms with Crippen molar-refractivity contribution in [1.29, 1.82) is 0 Å². The fourth-order valence-electron chi connectivity index (χ4n) is 2.42. The molecule has 0 unspecified atom stereocenters. The first-order valence-electron chi connectivity index (χ1n) is 8.38. The number of hydrogen-bond acceptors (Lipinski definition) is 3. The minimum Gasteiger partial charge on any atom is -0.478 e. The van der Waals surface area contributed by atoms with Gasteiger partial charge in [-0.05, 0) is 36.2 Å². The fourth-order valence-corrected chi connectivity index (χ4v) is 2.42. The minimum atomic E-state index is -0.981. The highest BCUT2D eigenvalue weighted by Crippen LogP contribution is 2.13. The topological polar surface area (TPSA) is 86.7 Å². The zero-order chi connectivity index (χ0) is 18.9. The molecular formula is C20H22N2O4. The van der Waals surface area contributed by atoms with Gasteiger partial charge in [-0.15, -0.1) is 0 Å². The maximum atomic E-state index is 12.1. The van der Waals surface area contributed by atoms with Gasteiger partial charge in [-0.25, -0.2) is 4.79 Å². The molecule has 6 nitrogen and oxygen atoms in total. The predicted molar refractivity (Wildman–Crippen MR) is 99.0 cm³/mol. The highest BCUT2D eigenvalue weighted by atomic mass is 16.4. The zero-order valence-electron chi connectivity index (χ0n) is 14.6. The number of para-hydroxylation sites is 1. The molecule has 2 amide bonds. The van der Waals surface area contributed by atoms with E-state index in [0.717, 1.165) is 11.3 Å². The molecule has 2 aromatic rings. The third-order valence-electron chi connectivity index (χ3n) is 4.00. The van der Waals surface area contributed by atoms with Crippen LogP contribution in [0.2, 0.25) is 0 Å². The smallest absolute Gasteiger partial charge is 0.335 e. The van der Waals surface area contributed by atoms with Crippen LogP contribution in [-0.4, -0.2) is 29.9 Å². The van der Waals surface area contributed by atoms with Gasteiger partial charge >= 0.3 is 5.97 Å². The highest BCUT2D eigenvalue weighted by molar-refractivity contribution is 5.93. The Kier molecular flexibility index (Phi) is 6.91. The number of rotatable bonds is 8. The lowest BCUT2D eigenvalue weighted by molar-refractivity contribution is -0.121. The van der Waals surface area contributed by atoms with Gasteiger partial charge in [0, 0.05) is 32.1 Å². The van der Waals surface area contributed by atoms with Crippen LogP contribution in [0.4, 0.5) is 5.69 Å². The number of amides is 2. The molecule has 0 saturated carbocycles. The molecule has 0 heterocycles. The van der Waals surface area contributed by atoms with E-state index in [2.05, 4.69) is 5.32 Å². The second-order valence-electron chi connectivity index (χ2n) is 5.92. The second kappa shape index (κ2) is 9.36. The van der Waals surface area contributed by atoms with Crippen molar-refractivity contribution in [2.24, 2.45) is 0 Å². The van der Waals surface area contributed by atoms with Gasteiger partial charge in [-0.1, -0.05) is 30.3 Å². The van der Waals surface area contributed by atoms with Gasteiger partial charge in [0.1, 0.15) is 0 Å². The number of carbonyl (C=O) groups excluding carboxylic acids is 2. The van der Waals surface area contributed by atoms with Crippen molar-refractivity contribution in [3.63, 3.8) is 0 Å². The first-order chi connectivity index (χ1) is 12.5. The lowest BCUT2D eigenvalue weighted by Gasteiger charge is -2.17. The van der Waals surface area contributed by atoms with Crippen LogP contribution in [0.1, 0.15) is 35.2 Å². The molecule has 0 aliphatic carbocycles. The van der Waals surface area contributed by atoms with Gasteiger partial charge in [-0.3, -0.25) is 9.59 Å². The number of carboxylic acid groups (broad SMARTS) is 1. The Morgan fingerprint density at radius 2 is 1.62 bits per heavy atom. The summed E-state index contributed by atoms with van der Waals surface area (Å²) < 4.78 is 0. The lowest BCUT2D eigenvalue weighted by atomic mass is 10.1. The molecule has 0 aliphatic heterocycles. The standard InChI is InChI=1S/C20H22N2O4/c1-22(17-6-3-2-4-7-17)19(24)9-5-8-18(23)21-14-15-10-12-16(13-11-15)20(25)26/h2-4,6-7,10-13H,5,8-9,14H2,1H3,(H,21,23)(H,25,26). The van der Waals surface area contributed by atoms with Crippen LogP contribution in [0.25, 0.3) is 0 Å². The van der Waals surface area contributed by atoms with Gasteiger partial charge < -0.3 is 15.3 Å². The van der Waals surface area contributed by atoms with Crippen LogP contribution < -0.4 is 10.2 Å². The van der Waals surface area contributed by atoms with Gasteiger partial charge in [0.25, 0.3) is 0 Å². The maximum Gasteiger partial charge on any atom is 0.335 e. The van der Waals surface area contributed by atoms with Crippen LogP contribution >= 0.6 is 0 Å². The van der Waals surface area contributed by atoms with Gasteiger partial charge in [0.2, 0.25) is 11.8 Å². The van der Waals surface area contributed by atoms with E-state index in [4.69, 9.17) is 5.11 Å². The van der Waals surface area contributed by atoms with Crippen molar-refractivity contribution in [2.75, 3.05) is 11.9 Å². The number of carbonyl (C=O) groups is 3. The van der Waals surface area contributed by atoms with E-state index in [1.54, 1.807) is 24.1 Å². The zero-order valence-corrected chi connectivity index (χ0v) is 14.6. The normalized spacial score (nSPS) is 10.2. The quantitative estimate of drug-likeness (QED) is 0.763. The number of benzene rings is 2. The number of hydrogen-bond donors (Lipinski definition) is 2. The molecule has 136 valence electrons. The third kappa shape index (κ3) is 5.73. The van der Waals surface area contributed by atoms with Crippen molar-refractivity contribution >= 4 is 23.5 Å². The average Bonchev–Trinajstić information content (AvgIpc) is 2.66. The van der Waals surface area contributed by atoms with E-state index >= 15 is 0 Å². The summed E-state index contributed by atoms with van der Waals surface area (Å²) in [7, 11) is 1.72. The summed E-state index contributed by atoms with van der Waals surface area (Å²) in [5.41, 5.74) is 1.86. The molecule has 0 atom stereocenters. The first kappa shape index (κ1) is 19.2. The number of nitrogens with zero attached hydrogens (tertiary/aromatic N) is 1. The Labute approximate surface area is 152 Å². The molecule has 2 N–H and O–H groups in total. The Bertz CT molecular complexity index is 757. The molecule has 0 bridgehead atoms. The molecule has 6 heteroatoms. The number of anilines is 1. The first-order valence-corrected chi connectivity index (χ1v) is 8.38. The number of nitrogens with one attached hydrogen (secondary N) is 1. The minimum absolute atomic E-state index is 0.0340. The Balaban J connectivity index is 1.70. The molecule has 0 radical (unpaired) electrons. The van der Waals surface area contributed by atoms with E-state index in [1.807, 2.05) is 30.3 Å². The second-order valence-corrected chi connectivity index (χ2v) is 5.92. The molecule has 0 fully saturated rings. The van der Waals surface area contributed by atoms with Crippen molar-refractivity contribution in [2.45, 2.75) is 25.8 Å². The van der Waals surface area contributed by atoms with Crippen LogP contribution in [0.5, 0.6) is 0 Å². The largest absolute Gasteiger partial charge is 0.478 e. The molecule has 2 aromatic carbocycles. The van der Waals surface area contributed by atoms with E-state index in [-0.39, 0.29) is 23.8 Å². The molecule has 0 saturated heterocycles. The summed E-state index contributed by atoms with van der Waals surface area (Å²) in [4.78, 5) is 36.4. The Morgan fingerprint density at radius 1 is 0.962 bits per heavy atom. The SMILES string of the molecule is CN(C(=O)CCCC(=O)NCc1ccc(C(=O)O)cc1)c1ccccc1. The van der Waals surface area contributed by atoms with Crippen LogP contribution in [0.15, 0.2) is 54.6 Å². The summed E-state index contributed by atoms with van der Waals surface area (Å²) in [6.07, 6.45) is 1.04. The molecule has 0 aromatic heterocycles. The third-order valence-corrected chi connectivity index (χ3v) is 4.00. The summed E-state index contributed by atoms with van der Waals surface area (Å²) in [6.45, 7) is 0.330. The summed E-state index contributed by atoms with van der Waals surface area (Å²) >= 11 is 0. The Hall–Kier alpha value is -3.15. The summed E-state index contributed by atoms with van der Waals surface area (Å²) in [5, 5.41) is 11.6. The van der Waals surface area contributed by atoms with Gasteiger partial charge in [-0.2, -0.15) is 0 Å². The highest BCUT2D eigenvalue weighted by Gasteiger charge is 2.11. The number of carboxylic acids is 1. The monoisotopic (exact) mass is 354 g/mol. The summed E-state index contributed by atoms with van der Waals surface area (Å²) in [5.74, 6) is -1.15. The van der Waals surface area contributed by atoms with Gasteiger partial charge in [0.15, 0.2) is 0 Å². The Morgan fingerprint density at radius 3 is 2.23 bits per heavy atom. The van der Waals surface area contributed by atoms with Crippen LogP contribution in [0.3, 0.4) is 0 Å². The van der Waals surface area contributed by atoms with E-state index < -0.39 is 5.97 Å². The molecule has 2 rings (SSSR count). The van der Waals surface area contributed by atoms with Gasteiger partial charge in [0.05, 0.1) is 5.56 Å². The maximum absolute atomic E-state index is 12.1. The van der Waals surface area contributed by atoms with Crippen molar-refractivity contribution < 1.29 is 19.5 Å². The molecular weight excluding hydrogens is 332 g/mol. The fraction of sp³-hybridized carbons (Fsp3) is 0.250. The van der Waals surface area contributed by atoms with E-state index in [0.29, 0.717) is 19.4 Å². The van der Waals surface area contributed by atoms with E-state index in [1.165, 1.54) is 12.1 Å². The van der Waals surface area contributed by atoms with E-state index in [9.17, 15) is 14.4 Å². The van der Waals surface area contributed by atoms with Crippen LogP contribution in [0, 0.1) is 0 Å². The summed E-state index contributed by atoms with van der Waals surface area (Å²) in [6, 6.07) is 15.7. The average molecular weight is 354 g/mol. The predicted octanol–water partition coefficient (Wildman–Crippen LogP) is 2.83. The van der Waals surface area contributed by atoms with Crippen LogP contribution in [-0.2, 0) is 16.1 Å². The molecule has 0 spiro atoms. The van der Waals surface area contributed by atoms with Crippen molar-refractivity contribution in [3.05, 3.63) is 65.7 Å². The number of aromatic carboxylic acids is 1. The molecule has 26 heavy (non-hydrogen) atoms. The van der Waals surface area contributed by atoms with Crippen molar-refractivity contribution in [3.8, 4) is 0 Å². The lowest BCUT2D eigenvalue weighted by Crippen LogP contribution is -2.27.